The summed E-state index contributed by atoms with van der Waals surface area (Å²) < 4.78 is 5.23. The topological polar surface area (TPSA) is 92.9 Å². The lowest BCUT2D eigenvalue weighted by molar-refractivity contribution is 0.0941. The number of oxazole rings is 1. The Morgan fingerprint density at radius 3 is 2.67 bits per heavy atom. The van der Waals surface area contributed by atoms with Crippen LogP contribution in [0.1, 0.15) is 22.1 Å². The third-order valence-corrected chi connectivity index (χ3v) is 2.21. The summed E-state index contributed by atoms with van der Waals surface area (Å²) in [5.41, 5.74) is 0.247. The van der Waals surface area contributed by atoms with E-state index in [9.17, 15) is 4.79 Å². The first-order valence-corrected chi connectivity index (χ1v) is 5.38. The van der Waals surface area contributed by atoms with Crippen LogP contribution in [-0.2, 0) is 6.54 Å². The molecular weight excluding hydrogens is 234 g/mol. The van der Waals surface area contributed by atoms with E-state index in [1.807, 2.05) is 0 Å². The van der Waals surface area contributed by atoms with Crippen LogP contribution in [0.4, 0.5) is 5.82 Å². The molecule has 0 atom stereocenters. The average molecular weight is 247 g/mol. The summed E-state index contributed by atoms with van der Waals surface area (Å²) in [6.45, 7) is 2.02. The minimum Gasteiger partial charge on any atom is -0.444 e. The SMILES string of the molecule is CNc1cnc(C(=O)NCc2ncc(C)o2)cn1. The molecule has 2 aromatic rings. The summed E-state index contributed by atoms with van der Waals surface area (Å²) in [7, 11) is 1.73. The second kappa shape index (κ2) is 5.26. The van der Waals surface area contributed by atoms with E-state index in [0.717, 1.165) is 0 Å². The summed E-state index contributed by atoms with van der Waals surface area (Å²) in [6.07, 6.45) is 4.50. The van der Waals surface area contributed by atoms with Crippen molar-refractivity contribution in [2.45, 2.75) is 13.5 Å². The molecule has 2 rings (SSSR count). The molecular formula is C11H13N5O2. The van der Waals surface area contributed by atoms with Gasteiger partial charge in [-0.2, -0.15) is 0 Å². The van der Waals surface area contributed by atoms with Crippen molar-refractivity contribution in [2.24, 2.45) is 0 Å². The number of hydrogen-bond donors (Lipinski definition) is 2. The normalized spacial score (nSPS) is 10.1. The van der Waals surface area contributed by atoms with Crippen molar-refractivity contribution < 1.29 is 9.21 Å². The largest absolute Gasteiger partial charge is 0.444 e. The summed E-state index contributed by atoms with van der Waals surface area (Å²) in [4.78, 5) is 23.7. The minimum absolute atomic E-state index is 0.224. The van der Waals surface area contributed by atoms with Crippen molar-refractivity contribution >= 4 is 11.7 Å². The maximum Gasteiger partial charge on any atom is 0.271 e. The highest BCUT2D eigenvalue weighted by molar-refractivity contribution is 5.91. The maximum absolute atomic E-state index is 11.7. The number of rotatable bonds is 4. The highest BCUT2D eigenvalue weighted by Gasteiger charge is 2.09. The predicted molar refractivity (Wildman–Crippen MR) is 64.0 cm³/mol. The number of nitrogens with zero attached hydrogens (tertiary/aromatic N) is 3. The van der Waals surface area contributed by atoms with Crippen molar-refractivity contribution in [1.29, 1.82) is 0 Å². The molecule has 94 valence electrons. The molecule has 0 fully saturated rings. The number of aryl methyl sites for hydroxylation is 1. The van der Waals surface area contributed by atoms with E-state index in [1.54, 1.807) is 20.2 Å². The van der Waals surface area contributed by atoms with Gasteiger partial charge >= 0.3 is 0 Å². The molecule has 0 saturated carbocycles. The number of nitrogens with one attached hydrogen (secondary N) is 2. The third-order valence-electron chi connectivity index (χ3n) is 2.21. The summed E-state index contributed by atoms with van der Waals surface area (Å²) >= 11 is 0. The molecule has 0 saturated heterocycles. The highest BCUT2D eigenvalue weighted by Crippen LogP contribution is 2.02. The Kier molecular flexibility index (Phi) is 3.52. The number of amides is 1. The second-order valence-corrected chi connectivity index (χ2v) is 3.58. The predicted octanol–water partition coefficient (Wildman–Crippen LogP) is 0.745. The van der Waals surface area contributed by atoms with E-state index in [2.05, 4.69) is 25.6 Å². The third kappa shape index (κ3) is 2.82. The lowest BCUT2D eigenvalue weighted by atomic mass is 10.4. The van der Waals surface area contributed by atoms with E-state index in [-0.39, 0.29) is 18.1 Å². The Labute approximate surface area is 104 Å². The zero-order chi connectivity index (χ0) is 13.0. The molecule has 1 amide bonds. The van der Waals surface area contributed by atoms with Gasteiger partial charge in [0.2, 0.25) is 5.89 Å². The van der Waals surface area contributed by atoms with Gasteiger partial charge in [-0.05, 0) is 6.92 Å². The van der Waals surface area contributed by atoms with Gasteiger partial charge in [-0.1, -0.05) is 0 Å². The molecule has 0 aliphatic carbocycles. The molecule has 2 aromatic heterocycles. The van der Waals surface area contributed by atoms with Crippen molar-refractivity contribution in [3.05, 3.63) is 35.9 Å². The number of hydrogen-bond acceptors (Lipinski definition) is 6. The van der Waals surface area contributed by atoms with Crippen molar-refractivity contribution in [1.82, 2.24) is 20.3 Å². The number of anilines is 1. The fraction of sp³-hybridized carbons (Fsp3) is 0.273. The van der Waals surface area contributed by atoms with Crippen LogP contribution in [0.3, 0.4) is 0 Å². The maximum atomic E-state index is 11.7. The highest BCUT2D eigenvalue weighted by atomic mass is 16.4. The average Bonchev–Trinajstić information content (AvgIpc) is 2.82. The van der Waals surface area contributed by atoms with Crippen LogP contribution in [0, 0.1) is 6.92 Å². The van der Waals surface area contributed by atoms with Gasteiger partial charge in [0.25, 0.3) is 5.91 Å². The Hall–Kier alpha value is -2.44. The Bertz CT molecular complexity index is 535. The van der Waals surface area contributed by atoms with Gasteiger partial charge in [-0.15, -0.1) is 0 Å². The van der Waals surface area contributed by atoms with Gasteiger partial charge in [-0.25, -0.2) is 15.0 Å². The first-order chi connectivity index (χ1) is 8.69. The first kappa shape index (κ1) is 12.0. The van der Waals surface area contributed by atoms with E-state index in [4.69, 9.17) is 4.42 Å². The Morgan fingerprint density at radius 1 is 1.28 bits per heavy atom. The molecule has 0 aliphatic rings. The molecule has 0 spiro atoms. The van der Waals surface area contributed by atoms with Crippen molar-refractivity contribution in [3.63, 3.8) is 0 Å². The molecule has 0 radical (unpaired) electrons. The van der Waals surface area contributed by atoms with E-state index < -0.39 is 0 Å². The van der Waals surface area contributed by atoms with E-state index in [0.29, 0.717) is 17.5 Å². The van der Waals surface area contributed by atoms with Gasteiger partial charge in [0.1, 0.15) is 17.3 Å². The standard InChI is InChI=1S/C11H13N5O2/c1-7-3-15-10(18-7)6-16-11(17)8-4-14-9(12-2)5-13-8/h3-5H,6H2,1-2H3,(H,12,14)(H,16,17). The molecule has 0 unspecified atom stereocenters. The van der Waals surface area contributed by atoms with Crippen LogP contribution in [0.5, 0.6) is 0 Å². The fourth-order valence-electron chi connectivity index (χ4n) is 1.30. The smallest absolute Gasteiger partial charge is 0.271 e. The van der Waals surface area contributed by atoms with E-state index in [1.165, 1.54) is 12.4 Å². The second-order valence-electron chi connectivity index (χ2n) is 3.58. The quantitative estimate of drug-likeness (QED) is 0.828. The number of carbonyl (C=O) groups excluding carboxylic acids is 1. The van der Waals surface area contributed by atoms with Crippen LogP contribution in [0.2, 0.25) is 0 Å². The minimum atomic E-state index is -0.319. The zero-order valence-electron chi connectivity index (χ0n) is 10.1. The summed E-state index contributed by atoms with van der Waals surface area (Å²) in [6, 6.07) is 0. The molecule has 18 heavy (non-hydrogen) atoms. The summed E-state index contributed by atoms with van der Waals surface area (Å²) in [5, 5.41) is 5.47. The van der Waals surface area contributed by atoms with Gasteiger partial charge in [-0.3, -0.25) is 4.79 Å². The van der Waals surface area contributed by atoms with Crippen LogP contribution < -0.4 is 10.6 Å². The van der Waals surface area contributed by atoms with E-state index >= 15 is 0 Å². The van der Waals surface area contributed by atoms with Crippen LogP contribution in [0.25, 0.3) is 0 Å². The van der Waals surface area contributed by atoms with Crippen LogP contribution in [0.15, 0.2) is 23.0 Å². The zero-order valence-corrected chi connectivity index (χ0v) is 10.1. The first-order valence-electron chi connectivity index (χ1n) is 5.38. The monoisotopic (exact) mass is 247 g/mol. The van der Waals surface area contributed by atoms with Crippen LogP contribution in [-0.4, -0.2) is 27.9 Å². The Morgan fingerprint density at radius 2 is 2.11 bits per heavy atom. The molecule has 7 heteroatoms. The molecule has 0 bridgehead atoms. The molecule has 2 heterocycles. The van der Waals surface area contributed by atoms with Gasteiger partial charge in [0.05, 0.1) is 25.1 Å². The van der Waals surface area contributed by atoms with Crippen molar-refractivity contribution in [2.75, 3.05) is 12.4 Å². The lowest BCUT2D eigenvalue weighted by Crippen LogP contribution is -2.24. The van der Waals surface area contributed by atoms with Gasteiger partial charge < -0.3 is 15.1 Å². The number of aromatic nitrogens is 3. The summed E-state index contributed by atoms with van der Waals surface area (Å²) in [5.74, 6) is 1.45. The molecule has 7 nitrogen and oxygen atoms in total. The molecule has 2 N–H and O–H groups in total. The molecule has 0 aliphatic heterocycles. The number of carbonyl (C=O) groups is 1. The van der Waals surface area contributed by atoms with Gasteiger partial charge in [0.15, 0.2) is 0 Å². The Balaban J connectivity index is 1.94. The molecule has 0 aromatic carbocycles. The van der Waals surface area contributed by atoms with Crippen LogP contribution >= 0.6 is 0 Å². The van der Waals surface area contributed by atoms with Crippen molar-refractivity contribution in [3.8, 4) is 0 Å². The lowest BCUT2D eigenvalue weighted by Gasteiger charge is -2.02. The fourth-order valence-corrected chi connectivity index (χ4v) is 1.30. The van der Waals surface area contributed by atoms with Gasteiger partial charge in [0, 0.05) is 7.05 Å².